The third-order valence-corrected chi connectivity index (χ3v) is 1.40. The Morgan fingerprint density at radius 1 is 1.38 bits per heavy atom. The van der Waals surface area contributed by atoms with Gasteiger partial charge in [-0.1, -0.05) is 0 Å². The van der Waals surface area contributed by atoms with Crippen LogP contribution >= 0.6 is 7.60 Å². The fourth-order valence-corrected chi connectivity index (χ4v) is 0.804. The van der Waals surface area contributed by atoms with Crippen molar-refractivity contribution >= 4 is 13.6 Å². The number of ether oxygens (including phenoxy) is 1. The van der Waals surface area contributed by atoms with E-state index in [1.54, 1.807) is 0 Å². The number of halogens is 3. The minimum Gasteiger partial charge on any atom is -0.456 e. The lowest BCUT2D eigenvalue weighted by molar-refractivity contribution is -0.184. The first-order valence-electron chi connectivity index (χ1n) is 2.87. The summed E-state index contributed by atoms with van der Waals surface area (Å²) in [7, 11) is -4.65. The zero-order chi connectivity index (χ0) is 10.7. The van der Waals surface area contributed by atoms with Gasteiger partial charge < -0.3 is 14.5 Å². The summed E-state index contributed by atoms with van der Waals surface area (Å²) in [5.41, 5.74) is 0. The monoisotopic (exact) mass is 222 g/mol. The van der Waals surface area contributed by atoms with Crippen LogP contribution in [0.1, 0.15) is 0 Å². The molecule has 5 nitrogen and oxygen atoms in total. The summed E-state index contributed by atoms with van der Waals surface area (Å²) in [6, 6.07) is 0. The minimum absolute atomic E-state index is 1.34. The van der Waals surface area contributed by atoms with Gasteiger partial charge in [0.1, 0.15) is 6.16 Å². The third-order valence-electron chi connectivity index (χ3n) is 0.732. The van der Waals surface area contributed by atoms with Gasteiger partial charge in [-0.15, -0.1) is 0 Å². The standard InChI is InChI=1S/C4H6F3O5P/c5-4(6,7)2-12-3(8)1-13(9,10)11/h1-2H2,(H2,9,10,11). The Morgan fingerprint density at radius 3 is 2.15 bits per heavy atom. The fraction of sp³-hybridized carbons (Fsp3) is 0.750. The lowest BCUT2D eigenvalue weighted by Gasteiger charge is -2.07. The van der Waals surface area contributed by atoms with Gasteiger partial charge in [-0.2, -0.15) is 13.2 Å². The predicted molar refractivity (Wildman–Crippen MR) is 33.9 cm³/mol. The molecule has 0 aliphatic heterocycles. The molecule has 78 valence electrons. The van der Waals surface area contributed by atoms with E-state index in [1.165, 1.54) is 0 Å². The van der Waals surface area contributed by atoms with Crippen molar-refractivity contribution in [1.29, 1.82) is 0 Å². The molecule has 0 atom stereocenters. The second-order valence-corrected chi connectivity index (χ2v) is 3.74. The van der Waals surface area contributed by atoms with Gasteiger partial charge >= 0.3 is 19.7 Å². The molecular weight excluding hydrogens is 216 g/mol. The predicted octanol–water partition coefficient (Wildman–Crippen LogP) is 0.270. The van der Waals surface area contributed by atoms with Gasteiger partial charge in [0, 0.05) is 0 Å². The molecule has 0 aromatic rings. The van der Waals surface area contributed by atoms with Gasteiger partial charge in [0.25, 0.3) is 0 Å². The highest BCUT2D eigenvalue weighted by atomic mass is 31.2. The summed E-state index contributed by atoms with van der Waals surface area (Å²) in [5, 5.41) is 0. The van der Waals surface area contributed by atoms with Crippen LogP contribution in [-0.4, -0.2) is 34.7 Å². The Kier molecular flexibility index (Phi) is 3.89. The van der Waals surface area contributed by atoms with Crippen molar-refractivity contribution in [3.05, 3.63) is 0 Å². The summed E-state index contributed by atoms with van der Waals surface area (Å²) >= 11 is 0. The van der Waals surface area contributed by atoms with E-state index in [-0.39, 0.29) is 0 Å². The van der Waals surface area contributed by atoms with Crippen molar-refractivity contribution < 1.29 is 37.1 Å². The van der Waals surface area contributed by atoms with Crippen LogP contribution in [0.4, 0.5) is 13.2 Å². The van der Waals surface area contributed by atoms with Crippen molar-refractivity contribution in [1.82, 2.24) is 0 Å². The maximum absolute atomic E-state index is 11.4. The molecule has 0 aromatic carbocycles. The molecule has 9 heteroatoms. The lowest BCUT2D eigenvalue weighted by Crippen LogP contribution is -2.21. The molecule has 0 spiro atoms. The number of carbonyl (C=O) groups is 1. The third kappa shape index (κ3) is 9.32. The summed E-state index contributed by atoms with van der Waals surface area (Å²) in [6.45, 7) is -1.84. The van der Waals surface area contributed by atoms with Gasteiger partial charge in [-0.05, 0) is 0 Å². The van der Waals surface area contributed by atoms with Crippen LogP contribution in [-0.2, 0) is 14.1 Å². The Hall–Kier alpha value is -0.590. The first kappa shape index (κ1) is 12.4. The Morgan fingerprint density at radius 2 is 1.85 bits per heavy atom. The van der Waals surface area contributed by atoms with Crippen LogP contribution in [0.15, 0.2) is 0 Å². The number of rotatable bonds is 3. The van der Waals surface area contributed by atoms with Crippen LogP contribution in [0.3, 0.4) is 0 Å². The summed E-state index contributed by atoms with van der Waals surface area (Å²) in [6.07, 6.45) is -6.03. The van der Waals surface area contributed by atoms with Crippen molar-refractivity contribution in [3.63, 3.8) is 0 Å². The number of hydrogen-bond donors (Lipinski definition) is 2. The molecule has 13 heavy (non-hydrogen) atoms. The van der Waals surface area contributed by atoms with Crippen molar-refractivity contribution in [2.75, 3.05) is 12.8 Å². The molecule has 0 amide bonds. The highest BCUT2D eigenvalue weighted by molar-refractivity contribution is 7.52. The molecule has 0 fully saturated rings. The van der Waals surface area contributed by atoms with E-state index in [1.807, 2.05) is 0 Å². The van der Waals surface area contributed by atoms with Crippen LogP contribution in [0.25, 0.3) is 0 Å². The second-order valence-electron chi connectivity index (χ2n) is 2.10. The number of alkyl halides is 3. The normalized spacial score (nSPS) is 12.7. The quantitative estimate of drug-likeness (QED) is 0.528. The average Bonchev–Trinajstić information content (AvgIpc) is 1.78. The highest BCUT2D eigenvalue weighted by Crippen LogP contribution is 2.34. The van der Waals surface area contributed by atoms with Crippen molar-refractivity contribution in [2.24, 2.45) is 0 Å². The molecular formula is C4H6F3O5P. The first-order valence-corrected chi connectivity index (χ1v) is 4.67. The molecule has 0 aliphatic rings. The molecule has 0 radical (unpaired) electrons. The first-order chi connectivity index (χ1) is 5.60. The van der Waals surface area contributed by atoms with E-state index in [9.17, 15) is 22.5 Å². The van der Waals surface area contributed by atoms with Gasteiger partial charge in [0.15, 0.2) is 6.61 Å². The average molecular weight is 222 g/mol. The van der Waals surface area contributed by atoms with E-state index < -0.39 is 32.5 Å². The van der Waals surface area contributed by atoms with Gasteiger partial charge in [-0.3, -0.25) is 9.36 Å². The topological polar surface area (TPSA) is 83.8 Å². The summed E-state index contributed by atoms with van der Waals surface area (Å²) in [5.74, 6) is -1.58. The van der Waals surface area contributed by atoms with Crippen LogP contribution in [0.5, 0.6) is 0 Å². The number of esters is 1. The van der Waals surface area contributed by atoms with Crippen LogP contribution < -0.4 is 0 Å². The van der Waals surface area contributed by atoms with E-state index in [2.05, 4.69) is 4.74 Å². The SMILES string of the molecule is O=C(CP(=O)(O)O)OCC(F)(F)F. The van der Waals surface area contributed by atoms with E-state index in [4.69, 9.17) is 9.79 Å². The molecule has 0 saturated heterocycles. The zero-order valence-electron chi connectivity index (χ0n) is 6.11. The molecule has 0 unspecified atom stereocenters. The van der Waals surface area contributed by atoms with Crippen molar-refractivity contribution in [3.8, 4) is 0 Å². The van der Waals surface area contributed by atoms with E-state index >= 15 is 0 Å². The highest BCUT2D eigenvalue weighted by Gasteiger charge is 2.31. The van der Waals surface area contributed by atoms with Crippen LogP contribution in [0.2, 0.25) is 0 Å². The molecule has 2 N–H and O–H groups in total. The molecule has 0 aromatic heterocycles. The minimum atomic E-state index is -4.69. The molecule has 0 aliphatic carbocycles. The molecule has 0 rings (SSSR count). The number of hydrogen-bond acceptors (Lipinski definition) is 3. The molecule has 0 saturated carbocycles. The maximum atomic E-state index is 11.4. The zero-order valence-corrected chi connectivity index (χ0v) is 7.01. The molecule has 0 heterocycles. The Balaban J connectivity index is 3.85. The largest absolute Gasteiger partial charge is 0.456 e. The summed E-state index contributed by atoms with van der Waals surface area (Å²) < 4.78 is 47.7. The van der Waals surface area contributed by atoms with Gasteiger partial charge in [0.05, 0.1) is 0 Å². The van der Waals surface area contributed by atoms with Gasteiger partial charge in [-0.25, -0.2) is 0 Å². The Labute approximate surface area is 70.7 Å². The van der Waals surface area contributed by atoms with E-state index in [0.717, 1.165) is 0 Å². The molecule has 0 bridgehead atoms. The van der Waals surface area contributed by atoms with Crippen LogP contribution in [0, 0.1) is 0 Å². The fourth-order valence-electron chi connectivity index (χ4n) is 0.376. The van der Waals surface area contributed by atoms with E-state index in [0.29, 0.717) is 0 Å². The smallest absolute Gasteiger partial charge is 0.422 e. The van der Waals surface area contributed by atoms with Crippen molar-refractivity contribution in [2.45, 2.75) is 6.18 Å². The second kappa shape index (κ2) is 4.08. The maximum Gasteiger partial charge on any atom is 0.422 e. The summed E-state index contributed by atoms with van der Waals surface area (Å²) in [4.78, 5) is 26.6. The lowest BCUT2D eigenvalue weighted by atomic mass is 10.7. The van der Waals surface area contributed by atoms with Gasteiger partial charge in [0.2, 0.25) is 0 Å². The number of carbonyl (C=O) groups excluding carboxylic acids is 1. The Bertz CT molecular complexity index is 230.